The van der Waals surface area contributed by atoms with Crippen LogP contribution in [-0.4, -0.2) is 55.3 Å². The van der Waals surface area contributed by atoms with Gasteiger partial charge in [0.25, 0.3) is 0 Å². The monoisotopic (exact) mass is 568 g/mol. The van der Waals surface area contributed by atoms with E-state index in [1.165, 1.54) is 48.6 Å². The molecule has 0 bridgehead atoms. The first-order valence-electron chi connectivity index (χ1n) is 12.6. The van der Waals surface area contributed by atoms with Crippen molar-refractivity contribution in [2.75, 3.05) is 13.2 Å². The lowest BCUT2D eigenvalue weighted by molar-refractivity contribution is -0.114. The van der Waals surface area contributed by atoms with Gasteiger partial charge in [0.05, 0.1) is 25.3 Å². The van der Waals surface area contributed by atoms with E-state index in [4.69, 9.17) is 4.74 Å². The SMILES string of the molecule is CCOC(=O)NC1C=CC(=O)/C1=C/c1ccc(F)cc1.CCOC(=O)NC1C=CC(=O)C1.O=Cc1ccc(F)cc1. The molecular weight excluding hydrogens is 538 g/mol. The van der Waals surface area contributed by atoms with Gasteiger partial charge in [-0.05, 0) is 74.0 Å². The van der Waals surface area contributed by atoms with Crippen molar-refractivity contribution in [1.82, 2.24) is 10.6 Å². The van der Waals surface area contributed by atoms with Crippen LogP contribution >= 0.6 is 0 Å². The third kappa shape index (κ3) is 11.8. The van der Waals surface area contributed by atoms with E-state index >= 15 is 0 Å². The number of benzene rings is 2. The number of hydrogen-bond acceptors (Lipinski definition) is 7. The number of ether oxygens (including phenoxy) is 2. The van der Waals surface area contributed by atoms with Gasteiger partial charge in [0, 0.05) is 17.6 Å². The number of carbonyl (C=O) groups is 5. The minimum Gasteiger partial charge on any atom is -0.450 e. The molecule has 9 nitrogen and oxygen atoms in total. The Balaban J connectivity index is 0.000000237. The predicted molar refractivity (Wildman–Crippen MR) is 147 cm³/mol. The van der Waals surface area contributed by atoms with Crippen LogP contribution in [0.3, 0.4) is 0 Å². The van der Waals surface area contributed by atoms with Gasteiger partial charge in [0.2, 0.25) is 0 Å². The average Bonchev–Trinajstić information content (AvgIpc) is 3.51. The summed E-state index contributed by atoms with van der Waals surface area (Å²) < 4.78 is 34.4. The molecule has 2 N–H and O–H groups in total. The fourth-order valence-electron chi connectivity index (χ4n) is 3.40. The van der Waals surface area contributed by atoms with Gasteiger partial charge >= 0.3 is 12.2 Å². The summed E-state index contributed by atoms with van der Waals surface area (Å²) in [4.78, 5) is 54.7. The first kappa shape index (κ1) is 32.3. The molecule has 0 radical (unpaired) electrons. The fourth-order valence-corrected chi connectivity index (χ4v) is 3.40. The molecule has 2 amide bonds. The minimum atomic E-state index is -0.582. The van der Waals surface area contributed by atoms with Crippen molar-refractivity contribution < 1.29 is 42.2 Å². The summed E-state index contributed by atoms with van der Waals surface area (Å²) in [5, 5.41) is 5.12. The van der Waals surface area contributed by atoms with E-state index in [9.17, 15) is 32.8 Å². The molecule has 11 heteroatoms. The number of hydrogen-bond donors (Lipinski definition) is 2. The molecule has 0 heterocycles. The van der Waals surface area contributed by atoms with E-state index in [2.05, 4.69) is 15.4 Å². The maximum absolute atomic E-state index is 12.8. The zero-order valence-corrected chi connectivity index (χ0v) is 22.5. The summed E-state index contributed by atoms with van der Waals surface area (Å²) in [5.41, 5.74) is 1.61. The number of alkyl carbamates (subject to hydrolysis) is 2. The summed E-state index contributed by atoms with van der Waals surface area (Å²) in [5.74, 6) is -0.808. The Kier molecular flexibility index (Phi) is 13.3. The summed E-state index contributed by atoms with van der Waals surface area (Å²) in [6.45, 7) is 4.03. The van der Waals surface area contributed by atoms with Crippen LogP contribution in [0.5, 0.6) is 0 Å². The Morgan fingerprint density at radius 1 is 0.829 bits per heavy atom. The molecule has 2 atom stereocenters. The van der Waals surface area contributed by atoms with E-state index < -0.39 is 18.2 Å². The molecular formula is C30H30F2N2O7. The van der Waals surface area contributed by atoms with Crippen LogP contribution in [-0.2, 0) is 19.1 Å². The van der Waals surface area contributed by atoms with Crippen molar-refractivity contribution in [2.45, 2.75) is 32.4 Å². The minimum absolute atomic E-state index is 0.0387. The molecule has 41 heavy (non-hydrogen) atoms. The number of carbonyl (C=O) groups excluding carboxylic acids is 5. The summed E-state index contributed by atoms with van der Waals surface area (Å²) in [6, 6.07) is 10.4. The molecule has 0 fully saturated rings. The third-order valence-electron chi connectivity index (χ3n) is 5.32. The highest BCUT2D eigenvalue weighted by Gasteiger charge is 2.25. The fraction of sp³-hybridized carbons (Fsp3) is 0.233. The van der Waals surface area contributed by atoms with Gasteiger partial charge in [-0.3, -0.25) is 14.4 Å². The highest BCUT2D eigenvalue weighted by molar-refractivity contribution is 6.11. The topological polar surface area (TPSA) is 128 Å². The number of aldehydes is 1. The molecule has 0 aliphatic heterocycles. The number of halogens is 2. The van der Waals surface area contributed by atoms with Crippen molar-refractivity contribution in [3.8, 4) is 0 Å². The second kappa shape index (κ2) is 16.9. The Morgan fingerprint density at radius 2 is 1.37 bits per heavy atom. The van der Waals surface area contributed by atoms with E-state index in [1.807, 2.05) is 0 Å². The van der Waals surface area contributed by atoms with E-state index in [0.717, 1.165) is 0 Å². The summed E-state index contributed by atoms with van der Waals surface area (Å²) >= 11 is 0. The van der Waals surface area contributed by atoms with E-state index in [1.54, 1.807) is 44.2 Å². The number of allylic oxidation sites excluding steroid dienone is 2. The lowest BCUT2D eigenvalue weighted by Gasteiger charge is -2.12. The zero-order chi connectivity index (χ0) is 30.2. The molecule has 0 aromatic heterocycles. The Labute approximate surface area is 235 Å². The second-order valence-corrected chi connectivity index (χ2v) is 8.39. The molecule has 2 aliphatic rings. The van der Waals surface area contributed by atoms with Gasteiger partial charge in [-0.15, -0.1) is 0 Å². The quantitative estimate of drug-likeness (QED) is 0.381. The first-order valence-corrected chi connectivity index (χ1v) is 12.6. The van der Waals surface area contributed by atoms with Gasteiger partial charge < -0.3 is 20.1 Å². The molecule has 2 unspecified atom stereocenters. The number of nitrogens with one attached hydrogen (secondary N) is 2. The lowest BCUT2D eigenvalue weighted by atomic mass is 10.1. The van der Waals surface area contributed by atoms with Crippen molar-refractivity contribution in [2.24, 2.45) is 0 Å². The molecule has 0 saturated heterocycles. The molecule has 0 saturated carbocycles. The van der Waals surface area contributed by atoms with Gasteiger partial charge in [-0.1, -0.05) is 24.3 Å². The van der Waals surface area contributed by atoms with Crippen LogP contribution in [0, 0.1) is 11.6 Å². The van der Waals surface area contributed by atoms with Crippen LogP contribution < -0.4 is 10.6 Å². The summed E-state index contributed by atoms with van der Waals surface area (Å²) in [7, 11) is 0. The second-order valence-electron chi connectivity index (χ2n) is 8.39. The van der Waals surface area contributed by atoms with Crippen LogP contribution in [0.1, 0.15) is 36.2 Å². The molecule has 2 aromatic rings. The van der Waals surface area contributed by atoms with E-state index in [0.29, 0.717) is 36.0 Å². The lowest BCUT2D eigenvalue weighted by Crippen LogP contribution is -2.34. The van der Waals surface area contributed by atoms with E-state index in [-0.39, 0.29) is 35.8 Å². The van der Waals surface area contributed by atoms with Gasteiger partial charge in [-0.2, -0.15) is 0 Å². The molecule has 2 aliphatic carbocycles. The van der Waals surface area contributed by atoms with Crippen molar-refractivity contribution >= 4 is 36.1 Å². The maximum Gasteiger partial charge on any atom is 0.407 e. The molecule has 216 valence electrons. The molecule has 2 aromatic carbocycles. The van der Waals surface area contributed by atoms with Gasteiger partial charge in [-0.25, -0.2) is 18.4 Å². The Morgan fingerprint density at radius 3 is 1.85 bits per heavy atom. The molecule has 0 spiro atoms. The standard InChI is InChI=1S/C15H14FNO3.C8H11NO3.C7H5FO/c1-2-20-15(19)17-13-7-8-14(18)12(13)9-10-3-5-11(16)6-4-10;1-2-12-8(11)9-6-3-4-7(10)5-6;8-7-3-1-6(5-9)2-4-7/h3-9,13H,2H2,1H3,(H,17,19);3-4,6H,2,5H2,1H3,(H,9,11);1-5H/b12-9+;;. The largest absolute Gasteiger partial charge is 0.450 e. The van der Waals surface area contributed by atoms with Crippen molar-refractivity contribution in [1.29, 1.82) is 0 Å². The first-order chi connectivity index (χ1) is 19.6. The highest BCUT2D eigenvalue weighted by atomic mass is 19.1. The summed E-state index contributed by atoms with van der Waals surface area (Å²) in [6.07, 6.45) is 7.72. The van der Waals surface area contributed by atoms with Crippen LogP contribution in [0.25, 0.3) is 6.08 Å². The van der Waals surface area contributed by atoms with Crippen molar-refractivity contribution in [3.63, 3.8) is 0 Å². The van der Waals surface area contributed by atoms with Gasteiger partial charge in [0.1, 0.15) is 17.9 Å². The number of amides is 2. The Hall–Kier alpha value is -4.93. The third-order valence-corrected chi connectivity index (χ3v) is 5.32. The van der Waals surface area contributed by atoms with Crippen LogP contribution in [0.15, 0.2) is 78.4 Å². The van der Waals surface area contributed by atoms with Crippen LogP contribution in [0.2, 0.25) is 0 Å². The Bertz CT molecular complexity index is 1300. The van der Waals surface area contributed by atoms with Gasteiger partial charge in [0.15, 0.2) is 11.6 Å². The van der Waals surface area contributed by atoms with Crippen molar-refractivity contribution in [3.05, 3.63) is 101 Å². The number of ketones is 2. The average molecular weight is 569 g/mol. The molecule has 4 rings (SSSR count). The normalized spacial score (nSPS) is 17.6. The number of rotatable bonds is 6. The predicted octanol–water partition coefficient (Wildman–Crippen LogP) is 4.73. The highest BCUT2D eigenvalue weighted by Crippen LogP contribution is 2.19. The smallest absolute Gasteiger partial charge is 0.407 e. The zero-order valence-electron chi connectivity index (χ0n) is 22.5. The van der Waals surface area contributed by atoms with Crippen LogP contribution in [0.4, 0.5) is 18.4 Å². The maximum atomic E-state index is 12.8.